The zero-order chi connectivity index (χ0) is 31.7. The predicted molar refractivity (Wildman–Crippen MR) is 173 cm³/mol. The van der Waals surface area contributed by atoms with Crippen molar-refractivity contribution in [1.82, 2.24) is 10.2 Å². The van der Waals surface area contributed by atoms with Crippen LogP contribution in [0.4, 0.5) is 5.69 Å². The minimum atomic E-state index is -4.31. The molecule has 1 atom stereocenters. The van der Waals surface area contributed by atoms with Crippen molar-refractivity contribution in [3.63, 3.8) is 0 Å². The number of hydrogen-bond acceptors (Lipinski definition) is 5. The number of halogens is 3. The molecule has 0 saturated carbocycles. The van der Waals surface area contributed by atoms with E-state index >= 15 is 0 Å². The zero-order valence-corrected chi connectivity index (χ0v) is 27.6. The first kappa shape index (κ1) is 34.5. The monoisotopic (exact) mass is 667 g/mol. The molecule has 0 fully saturated rings. The first-order chi connectivity index (χ1) is 20.4. The molecule has 0 saturated heterocycles. The summed E-state index contributed by atoms with van der Waals surface area (Å²) in [4.78, 5) is 28.9. The van der Waals surface area contributed by atoms with Crippen LogP contribution in [0.2, 0.25) is 15.1 Å². The van der Waals surface area contributed by atoms with E-state index in [1.54, 1.807) is 56.3 Å². The van der Waals surface area contributed by atoms with E-state index in [1.165, 1.54) is 29.2 Å². The Morgan fingerprint density at radius 1 is 0.907 bits per heavy atom. The molecule has 43 heavy (non-hydrogen) atoms. The summed E-state index contributed by atoms with van der Waals surface area (Å²) in [7, 11) is -4.31. The highest BCUT2D eigenvalue weighted by Gasteiger charge is 2.35. The minimum absolute atomic E-state index is 0.0709. The van der Waals surface area contributed by atoms with E-state index in [4.69, 9.17) is 39.5 Å². The van der Waals surface area contributed by atoms with Gasteiger partial charge >= 0.3 is 0 Å². The summed E-state index contributed by atoms with van der Waals surface area (Å²) in [6.45, 7) is 7.40. The summed E-state index contributed by atoms with van der Waals surface area (Å²) in [5, 5.41) is 3.88. The van der Waals surface area contributed by atoms with Gasteiger partial charge in [-0.1, -0.05) is 73.8 Å². The number of hydrogen-bond donors (Lipinski definition) is 1. The van der Waals surface area contributed by atoms with Gasteiger partial charge < -0.3 is 15.0 Å². The third-order valence-corrected chi connectivity index (χ3v) is 9.31. The van der Waals surface area contributed by atoms with Crippen molar-refractivity contribution in [1.29, 1.82) is 0 Å². The molecule has 0 aliphatic heterocycles. The van der Waals surface area contributed by atoms with Crippen LogP contribution in [0.1, 0.15) is 39.7 Å². The van der Waals surface area contributed by atoms with Gasteiger partial charge in [0.1, 0.15) is 18.3 Å². The van der Waals surface area contributed by atoms with E-state index in [9.17, 15) is 18.0 Å². The smallest absolute Gasteiger partial charge is 0.264 e. The van der Waals surface area contributed by atoms with Crippen LogP contribution < -0.4 is 14.4 Å². The lowest BCUT2D eigenvalue weighted by Crippen LogP contribution is -2.52. The van der Waals surface area contributed by atoms with Gasteiger partial charge in [-0.3, -0.25) is 13.9 Å². The molecular weight excluding hydrogens is 633 g/mol. The van der Waals surface area contributed by atoms with E-state index < -0.39 is 28.5 Å². The second-order valence-corrected chi connectivity index (χ2v) is 13.3. The maximum absolute atomic E-state index is 14.3. The van der Waals surface area contributed by atoms with E-state index in [2.05, 4.69) is 5.32 Å². The Balaban J connectivity index is 2.14. The van der Waals surface area contributed by atoms with Gasteiger partial charge in [0, 0.05) is 33.7 Å². The molecule has 8 nitrogen and oxygen atoms in total. The van der Waals surface area contributed by atoms with Crippen molar-refractivity contribution in [3.05, 3.63) is 87.4 Å². The molecule has 3 aromatic rings. The van der Waals surface area contributed by atoms with Gasteiger partial charge in [-0.2, -0.15) is 0 Å². The third-order valence-electron chi connectivity index (χ3n) is 6.57. The summed E-state index contributed by atoms with van der Waals surface area (Å²) in [5.41, 5.74) is 0.608. The fourth-order valence-corrected chi connectivity index (χ4v) is 6.45. The summed E-state index contributed by atoms with van der Waals surface area (Å²) >= 11 is 19.0. The largest absolute Gasteiger partial charge is 0.492 e. The number of nitrogens with one attached hydrogen (secondary N) is 1. The summed E-state index contributed by atoms with van der Waals surface area (Å²) in [6.07, 6.45) is 0.261. The van der Waals surface area contributed by atoms with Crippen LogP contribution in [-0.4, -0.2) is 50.9 Å². The molecule has 0 bridgehead atoms. The average Bonchev–Trinajstić information content (AvgIpc) is 2.96. The predicted octanol–water partition coefficient (Wildman–Crippen LogP) is 6.82. The quantitative estimate of drug-likeness (QED) is 0.203. The van der Waals surface area contributed by atoms with Gasteiger partial charge in [0.15, 0.2) is 0 Å². The van der Waals surface area contributed by atoms with Crippen molar-refractivity contribution >= 4 is 62.3 Å². The standard InChI is InChI=1S/C31H36Cl3N3O5S/c1-5-27(31(39)35-18-21(3)4)36(19-24-25(33)10-9-11-26(24)34)30(38)20-37(28-12-7-8-13-29(28)42-6-2)43(40,41)23-16-14-22(32)15-17-23/h7-17,21,27H,5-6,18-20H2,1-4H3,(H,35,39)/t27-/m1/s1. The SMILES string of the molecule is CCOc1ccccc1N(CC(=O)N(Cc1c(Cl)cccc1Cl)[C@H](CC)C(=O)NCC(C)C)S(=O)(=O)c1ccc(Cl)cc1. The van der Waals surface area contributed by atoms with Crippen LogP contribution in [0.5, 0.6) is 5.75 Å². The second-order valence-electron chi connectivity index (χ2n) is 10.2. The zero-order valence-electron chi connectivity index (χ0n) is 24.5. The Morgan fingerprint density at radius 3 is 2.12 bits per heavy atom. The van der Waals surface area contributed by atoms with E-state index in [1.807, 2.05) is 13.8 Å². The van der Waals surface area contributed by atoms with Gasteiger partial charge in [0.05, 0.1) is 17.2 Å². The molecule has 3 rings (SSSR count). The number of amides is 2. The van der Waals surface area contributed by atoms with E-state index in [0.717, 1.165) is 4.31 Å². The van der Waals surface area contributed by atoms with E-state index in [-0.39, 0.29) is 47.7 Å². The lowest BCUT2D eigenvalue weighted by Gasteiger charge is -2.34. The molecule has 0 unspecified atom stereocenters. The Hall–Kier alpha value is -2.98. The molecular formula is C31H36Cl3N3O5S. The van der Waals surface area contributed by atoms with Crippen LogP contribution in [-0.2, 0) is 26.2 Å². The number of carbonyl (C=O) groups excluding carboxylic acids is 2. The Morgan fingerprint density at radius 2 is 1.53 bits per heavy atom. The van der Waals surface area contributed by atoms with E-state index in [0.29, 0.717) is 27.2 Å². The number of rotatable bonds is 14. The third kappa shape index (κ3) is 8.79. The molecule has 0 spiro atoms. The molecule has 0 heterocycles. The number of ether oxygens (including phenoxy) is 1. The van der Waals surface area contributed by atoms with Crippen molar-refractivity contribution in [2.75, 3.05) is 24.0 Å². The Kier molecular flexibility index (Phi) is 12.6. The average molecular weight is 669 g/mol. The molecule has 232 valence electrons. The maximum atomic E-state index is 14.3. The van der Waals surface area contributed by atoms with Gasteiger partial charge in [0.2, 0.25) is 11.8 Å². The van der Waals surface area contributed by atoms with Gasteiger partial charge in [-0.15, -0.1) is 0 Å². The highest BCUT2D eigenvalue weighted by atomic mass is 35.5. The number of sulfonamides is 1. The highest BCUT2D eigenvalue weighted by Crippen LogP contribution is 2.34. The van der Waals surface area contributed by atoms with Crippen molar-refractivity contribution in [2.45, 2.75) is 51.6 Å². The number of anilines is 1. The highest BCUT2D eigenvalue weighted by molar-refractivity contribution is 7.92. The van der Waals surface area contributed by atoms with Crippen molar-refractivity contribution in [2.24, 2.45) is 5.92 Å². The normalized spacial score (nSPS) is 12.1. The fraction of sp³-hybridized carbons (Fsp3) is 0.355. The van der Waals surface area contributed by atoms with Gasteiger partial charge in [0.25, 0.3) is 10.0 Å². The summed E-state index contributed by atoms with van der Waals surface area (Å²) in [5.74, 6) is -0.544. The fourth-order valence-electron chi connectivity index (χ4n) is 4.38. The first-order valence-corrected chi connectivity index (χ1v) is 16.5. The topological polar surface area (TPSA) is 96.0 Å². The minimum Gasteiger partial charge on any atom is -0.492 e. The molecule has 12 heteroatoms. The first-order valence-electron chi connectivity index (χ1n) is 13.9. The van der Waals surface area contributed by atoms with Crippen molar-refractivity contribution in [3.8, 4) is 5.75 Å². The number of carbonyl (C=O) groups is 2. The molecule has 0 aromatic heterocycles. The maximum Gasteiger partial charge on any atom is 0.264 e. The number of benzene rings is 3. The summed E-state index contributed by atoms with van der Waals surface area (Å²) < 4.78 is 35.0. The van der Waals surface area contributed by atoms with Crippen molar-refractivity contribution < 1.29 is 22.7 Å². The molecule has 3 aromatic carbocycles. The van der Waals surface area contributed by atoms with Crippen LogP contribution in [0, 0.1) is 5.92 Å². The van der Waals surface area contributed by atoms with Gasteiger partial charge in [-0.25, -0.2) is 8.42 Å². The van der Waals surface area contributed by atoms with Crippen LogP contribution >= 0.6 is 34.8 Å². The second kappa shape index (κ2) is 15.7. The van der Waals surface area contributed by atoms with Crippen LogP contribution in [0.25, 0.3) is 0 Å². The number of nitrogens with zero attached hydrogens (tertiary/aromatic N) is 2. The molecule has 0 aliphatic carbocycles. The lowest BCUT2D eigenvalue weighted by atomic mass is 10.1. The molecule has 2 amide bonds. The van der Waals surface area contributed by atoms with Crippen LogP contribution in [0.3, 0.4) is 0 Å². The molecule has 0 aliphatic rings. The van der Waals surface area contributed by atoms with Crippen LogP contribution in [0.15, 0.2) is 71.6 Å². The molecule has 0 radical (unpaired) electrons. The Labute approximate surface area is 268 Å². The Bertz CT molecular complexity index is 1500. The number of para-hydroxylation sites is 2. The van der Waals surface area contributed by atoms with Gasteiger partial charge in [-0.05, 0) is 67.8 Å². The molecule has 1 N–H and O–H groups in total. The summed E-state index contributed by atoms with van der Waals surface area (Å²) in [6, 6.07) is 16.2. The lowest BCUT2D eigenvalue weighted by molar-refractivity contribution is -0.140.